The normalized spacial score (nSPS) is 12.1. The summed E-state index contributed by atoms with van der Waals surface area (Å²) in [6.45, 7) is 7.82. The van der Waals surface area contributed by atoms with Crippen LogP contribution in [0.4, 0.5) is 5.69 Å². The summed E-state index contributed by atoms with van der Waals surface area (Å²) < 4.78 is 5.70. The molecule has 0 aliphatic rings. The standard InChI is InChI=1S/C21H24N2O5/c1-15(28-19-11-10-18(23(26)27)12-17(19)14-24)20(25)22(21(2,3)4)13-16-8-6-5-7-9-16/h5-12,14-15H,13H2,1-4H3/t15-/m0/s1. The van der Waals surface area contributed by atoms with Crippen LogP contribution in [-0.2, 0) is 11.3 Å². The number of non-ortho nitro benzene ring substituents is 1. The number of nitrogens with zero attached hydrogens (tertiary/aromatic N) is 2. The molecule has 0 aliphatic heterocycles. The molecule has 0 saturated carbocycles. The zero-order chi connectivity index (χ0) is 20.9. The quantitative estimate of drug-likeness (QED) is 0.409. The van der Waals surface area contributed by atoms with Gasteiger partial charge in [-0.2, -0.15) is 0 Å². The van der Waals surface area contributed by atoms with E-state index in [0.29, 0.717) is 12.8 Å². The fraction of sp³-hybridized carbons (Fsp3) is 0.333. The van der Waals surface area contributed by atoms with Crippen LogP contribution in [0.1, 0.15) is 43.6 Å². The summed E-state index contributed by atoms with van der Waals surface area (Å²) in [5.74, 6) is -0.110. The number of nitro benzene ring substituents is 1. The number of rotatable bonds is 7. The number of nitro groups is 1. The van der Waals surface area contributed by atoms with Gasteiger partial charge in [0.2, 0.25) is 0 Å². The second-order valence-electron chi connectivity index (χ2n) is 7.44. The van der Waals surface area contributed by atoms with Crippen molar-refractivity contribution in [2.45, 2.75) is 45.9 Å². The molecule has 0 bridgehead atoms. The molecule has 2 aromatic rings. The fourth-order valence-electron chi connectivity index (χ4n) is 2.72. The number of hydrogen-bond donors (Lipinski definition) is 0. The van der Waals surface area contributed by atoms with E-state index in [1.54, 1.807) is 11.8 Å². The van der Waals surface area contributed by atoms with Crippen LogP contribution < -0.4 is 4.74 Å². The Bertz CT molecular complexity index is 859. The third kappa shape index (κ3) is 5.16. The van der Waals surface area contributed by atoms with E-state index in [2.05, 4.69) is 0 Å². The molecule has 0 N–H and O–H groups in total. The Morgan fingerprint density at radius 1 is 1.21 bits per heavy atom. The molecular weight excluding hydrogens is 360 g/mol. The molecule has 0 saturated heterocycles. The van der Waals surface area contributed by atoms with Gasteiger partial charge in [0.1, 0.15) is 5.75 Å². The summed E-state index contributed by atoms with van der Waals surface area (Å²) in [5, 5.41) is 10.9. The third-order valence-electron chi connectivity index (χ3n) is 4.24. The van der Waals surface area contributed by atoms with E-state index in [4.69, 9.17) is 4.74 Å². The Labute approximate surface area is 164 Å². The van der Waals surface area contributed by atoms with Crippen molar-refractivity contribution in [1.82, 2.24) is 4.90 Å². The average molecular weight is 384 g/mol. The van der Waals surface area contributed by atoms with E-state index in [0.717, 1.165) is 11.6 Å². The molecule has 0 aromatic heterocycles. The first-order chi connectivity index (χ1) is 13.1. The van der Waals surface area contributed by atoms with E-state index in [-0.39, 0.29) is 22.9 Å². The smallest absolute Gasteiger partial charge is 0.270 e. The Morgan fingerprint density at radius 3 is 2.39 bits per heavy atom. The number of benzene rings is 2. The molecule has 148 valence electrons. The van der Waals surface area contributed by atoms with Gasteiger partial charge in [-0.15, -0.1) is 0 Å². The van der Waals surface area contributed by atoms with Gasteiger partial charge < -0.3 is 9.64 Å². The lowest BCUT2D eigenvalue weighted by Crippen LogP contribution is -2.50. The van der Waals surface area contributed by atoms with E-state index in [9.17, 15) is 19.7 Å². The monoisotopic (exact) mass is 384 g/mol. The molecule has 0 unspecified atom stereocenters. The van der Waals surface area contributed by atoms with Gasteiger partial charge in [-0.25, -0.2) is 0 Å². The second kappa shape index (κ2) is 8.65. The molecule has 2 rings (SSSR count). The van der Waals surface area contributed by atoms with Gasteiger partial charge in [-0.05, 0) is 39.3 Å². The van der Waals surface area contributed by atoms with Gasteiger partial charge in [0, 0.05) is 24.2 Å². The molecule has 7 heteroatoms. The van der Waals surface area contributed by atoms with Gasteiger partial charge in [0.05, 0.1) is 10.5 Å². The second-order valence-corrected chi connectivity index (χ2v) is 7.44. The van der Waals surface area contributed by atoms with Crippen molar-refractivity contribution in [2.75, 3.05) is 0 Å². The van der Waals surface area contributed by atoms with Gasteiger partial charge in [-0.1, -0.05) is 30.3 Å². The van der Waals surface area contributed by atoms with E-state index in [1.165, 1.54) is 12.1 Å². The van der Waals surface area contributed by atoms with Crippen LogP contribution in [0, 0.1) is 10.1 Å². The number of ether oxygens (including phenoxy) is 1. The van der Waals surface area contributed by atoms with Gasteiger partial charge in [0.25, 0.3) is 11.6 Å². The lowest BCUT2D eigenvalue weighted by Gasteiger charge is -2.37. The zero-order valence-electron chi connectivity index (χ0n) is 16.4. The van der Waals surface area contributed by atoms with Crippen LogP contribution in [0.2, 0.25) is 0 Å². The van der Waals surface area contributed by atoms with E-state index in [1.807, 2.05) is 51.1 Å². The van der Waals surface area contributed by atoms with Crippen molar-refractivity contribution < 1.29 is 19.2 Å². The molecule has 7 nitrogen and oxygen atoms in total. The number of carbonyl (C=O) groups excluding carboxylic acids is 2. The molecule has 0 heterocycles. The SMILES string of the molecule is C[C@H](Oc1ccc([N+](=O)[O-])cc1C=O)C(=O)N(Cc1ccccc1)C(C)(C)C. The molecule has 28 heavy (non-hydrogen) atoms. The highest BCUT2D eigenvalue weighted by atomic mass is 16.6. The molecule has 0 spiro atoms. The first-order valence-electron chi connectivity index (χ1n) is 8.89. The predicted molar refractivity (Wildman–Crippen MR) is 105 cm³/mol. The third-order valence-corrected chi connectivity index (χ3v) is 4.24. The largest absolute Gasteiger partial charge is 0.480 e. The van der Waals surface area contributed by atoms with Crippen molar-refractivity contribution in [2.24, 2.45) is 0 Å². The Kier molecular flexibility index (Phi) is 6.51. The maximum absolute atomic E-state index is 13.1. The van der Waals surface area contributed by atoms with Crippen LogP contribution >= 0.6 is 0 Å². The molecule has 0 aliphatic carbocycles. The van der Waals surface area contributed by atoms with E-state index >= 15 is 0 Å². The van der Waals surface area contributed by atoms with Crippen LogP contribution in [0.15, 0.2) is 48.5 Å². The molecular formula is C21H24N2O5. The average Bonchev–Trinajstić information content (AvgIpc) is 2.65. The summed E-state index contributed by atoms with van der Waals surface area (Å²) in [5.41, 5.74) is 0.350. The van der Waals surface area contributed by atoms with E-state index < -0.39 is 16.6 Å². The highest BCUT2D eigenvalue weighted by Crippen LogP contribution is 2.25. The highest BCUT2D eigenvalue weighted by molar-refractivity contribution is 5.83. The summed E-state index contributed by atoms with van der Waals surface area (Å²) in [6.07, 6.45) is -0.395. The molecule has 1 amide bonds. The minimum atomic E-state index is -0.872. The number of amides is 1. The summed E-state index contributed by atoms with van der Waals surface area (Å²) in [6, 6.07) is 13.3. The van der Waals surface area contributed by atoms with Crippen LogP contribution in [0.5, 0.6) is 5.75 Å². The van der Waals surface area contributed by atoms with Crippen LogP contribution in [0.3, 0.4) is 0 Å². The Hall–Kier alpha value is -3.22. The molecule has 2 aromatic carbocycles. The Balaban J connectivity index is 2.23. The molecule has 1 atom stereocenters. The van der Waals surface area contributed by atoms with Crippen molar-refractivity contribution in [3.8, 4) is 5.75 Å². The van der Waals surface area contributed by atoms with Crippen LogP contribution in [0.25, 0.3) is 0 Å². The maximum atomic E-state index is 13.1. The molecule has 0 radical (unpaired) electrons. The molecule has 0 fully saturated rings. The predicted octanol–water partition coefficient (Wildman–Crippen LogP) is 4.00. The minimum Gasteiger partial charge on any atom is -0.480 e. The lowest BCUT2D eigenvalue weighted by atomic mass is 10.0. The topological polar surface area (TPSA) is 89.7 Å². The fourth-order valence-corrected chi connectivity index (χ4v) is 2.72. The van der Waals surface area contributed by atoms with Gasteiger partial charge >= 0.3 is 0 Å². The van der Waals surface area contributed by atoms with Crippen LogP contribution in [-0.4, -0.2) is 33.7 Å². The minimum absolute atomic E-state index is 0.0271. The highest BCUT2D eigenvalue weighted by Gasteiger charge is 2.31. The summed E-state index contributed by atoms with van der Waals surface area (Å²) >= 11 is 0. The number of aldehydes is 1. The van der Waals surface area contributed by atoms with Crippen molar-refractivity contribution in [3.63, 3.8) is 0 Å². The maximum Gasteiger partial charge on any atom is 0.270 e. The van der Waals surface area contributed by atoms with Crippen molar-refractivity contribution in [3.05, 3.63) is 69.8 Å². The van der Waals surface area contributed by atoms with Gasteiger partial charge in [-0.3, -0.25) is 19.7 Å². The van der Waals surface area contributed by atoms with Crippen molar-refractivity contribution in [1.29, 1.82) is 0 Å². The summed E-state index contributed by atoms with van der Waals surface area (Å²) in [4.78, 5) is 36.4. The van der Waals surface area contributed by atoms with Crippen molar-refractivity contribution >= 4 is 17.9 Å². The summed E-state index contributed by atoms with van der Waals surface area (Å²) in [7, 11) is 0. The lowest BCUT2D eigenvalue weighted by molar-refractivity contribution is -0.384. The first-order valence-corrected chi connectivity index (χ1v) is 8.89. The Morgan fingerprint density at radius 2 is 1.86 bits per heavy atom. The zero-order valence-corrected chi connectivity index (χ0v) is 16.4. The number of hydrogen-bond acceptors (Lipinski definition) is 5. The van der Waals surface area contributed by atoms with Gasteiger partial charge in [0.15, 0.2) is 12.4 Å². The number of carbonyl (C=O) groups is 2. The first kappa shape index (κ1) is 21.1.